The number of nitrogens with zero attached hydrogens (tertiary/aromatic N) is 4. The smallest absolute Gasteiger partial charge is 0.255 e. The van der Waals surface area contributed by atoms with Crippen LogP contribution in [0.25, 0.3) is 5.65 Å². The van der Waals surface area contributed by atoms with E-state index in [1.807, 2.05) is 29.2 Å². The van der Waals surface area contributed by atoms with E-state index in [-0.39, 0.29) is 24.3 Å². The second-order valence-electron chi connectivity index (χ2n) is 8.79. The number of pyridine rings is 1. The Hall–Kier alpha value is -2.90. The molecule has 0 bridgehead atoms. The van der Waals surface area contributed by atoms with Crippen LogP contribution in [0.3, 0.4) is 0 Å². The zero-order valence-corrected chi connectivity index (χ0v) is 19.1. The number of aromatic nitrogens is 2. The lowest BCUT2D eigenvalue weighted by molar-refractivity contribution is -0.123. The summed E-state index contributed by atoms with van der Waals surface area (Å²) in [5.74, 6) is 1.20. The van der Waals surface area contributed by atoms with Crippen LogP contribution in [0.5, 0.6) is 0 Å². The number of hydrogen-bond donors (Lipinski definition) is 1. The molecule has 8 nitrogen and oxygen atoms in total. The van der Waals surface area contributed by atoms with Gasteiger partial charge in [-0.1, -0.05) is 32.6 Å². The summed E-state index contributed by atoms with van der Waals surface area (Å²) < 4.78 is 1.87. The Labute approximate surface area is 189 Å². The van der Waals surface area contributed by atoms with Crippen molar-refractivity contribution < 1.29 is 14.4 Å². The molecule has 3 heterocycles. The van der Waals surface area contributed by atoms with Gasteiger partial charge < -0.3 is 10.2 Å². The minimum Gasteiger partial charge on any atom is -0.353 e. The van der Waals surface area contributed by atoms with Crippen LogP contribution < -0.4 is 10.2 Å². The maximum atomic E-state index is 13.2. The zero-order chi connectivity index (χ0) is 22.7. The van der Waals surface area contributed by atoms with Gasteiger partial charge in [0.25, 0.3) is 5.91 Å². The van der Waals surface area contributed by atoms with Crippen LogP contribution in [0, 0.1) is 5.92 Å². The first-order valence-corrected chi connectivity index (χ1v) is 11.9. The van der Waals surface area contributed by atoms with Crippen LogP contribution in [0.4, 0.5) is 5.82 Å². The van der Waals surface area contributed by atoms with E-state index in [1.54, 1.807) is 17.2 Å². The lowest BCUT2D eigenvalue weighted by atomic mass is 10.0. The molecule has 2 aromatic rings. The van der Waals surface area contributed by atoms with Crippen molar-refractivity contribution in [2.45, 2.75) is 58.8 Å². The fourth-order valence-corrected chi connectivity index (χ4v) is 4.93. The number of amides is 3. The number of carbonyl (C=O) groups is 3. The van der Waals surface area contributed by atoms with E-state index in [1.165, 1.54) is 25.7 Å². The number of piperazine rings is 1. The lowest BCUT2D eigenvalue weighted by Gasteiger charge is -2.27. The first-order valence-electron chi connectivity index (χ1n) is 11.9. The van der Waals surface area contributed by atoms with Crippen molar-refractivity contribution in [3.63, 3.8) is 0 Å². The molecular formula is C24H33N5O3. The molecule has 0 radical (unpaired) electrons. The van der Waals surface area contributed by atoms with E-state index < -0.39 is 0 Å². The summed E-state index contributed by atoms with van der Waals surface area (Å²) in [4.78, 5) is 46.1. The standard InChI is InChI=1S/C24H33N5O3/c1-3-19-23(28(4-2)22(31)12-9-17-7-5-6-8-17)29-15-18(10-11-20(29)26-19)24(32)27-14-13-25-21(30)16-27/h10-11,15,17H,3-9,12-14,16H2,1-2H3,(H,25,30). The Morgan fingerprint density at radius 1 is 1.22 bits per heavy atom. The van der Waals surface area contributed by atoms with Gasteiger partial charge in [0.05, 0.1) is 17.8 Å². The number of aryl methyl sites for hydroxylation is 1. The number of nitrogens with one attached hydrogen (secondary N) is 1. The number of imidazole rings is 1. The molecule has 0 spiro atoms. The molecule has 1 aliphatic heterocycles. The van der Waals surface area contributed by atoms with Crippen LogP contribution in [0.15, 0.2) is 18.3 Å². The molecule has 172 valence electrons. The average molecular weight is 440 g/mol. The largest absolute Gasteiger partial charge is 0.353 e. The van der Waals surface area contributed by atoms with Gasteiger partial charge in [0.15, 0.2) is 0 Å². The summed E-state index contributed by atoms with van der Waals surface area (Å²) in [6, 6.07) is 3.56. The zero-order valence-electron chi connectivity index (χ0n) is 19.1. The second kappa shape index (κ2) is 9.71. The molecule has 32 heavy (non-hydrogen) atoms. The minimum atomic E-state index is -0.185. The Morgan fingerprint density at radius 3 is 2.69 bits per heavy atom. The van der Waals surface area contributed by atoms with Gasteiger partial charge in [-0.05, 0) is 37.8 Å². The predicted molar refractivity (Wildman–Crippen MR) is 123 cm³/mol. The van der Waals surface area contributed by atoms with E-state index in [9.17, 15) is 14.4 Å². The molecule has 0 unspecified atom stereocenters. The highest BCUT2D eigenvalue weighted by atomic mass is 16.2. The summed E-state index contributed by atoms with van der Waals surface area (Å²) >= 11 is 0. The van der Waals surface area contributed by atoms with Gasteiger partial charge in [-0.2, -0.15) is 0 Å². The second-order valence-corrected chi connectivity index (χ2v) is 8.79. The van der Waals surface area contributed by atoms with Gasteiger partial charge >= 0.3 is 0 Å². The van der Waals surface area contributed by atoms with Crippen LogP contribution in [-0.2, 0) is 16.0 Å². The van der Waals surface area contributed by atoms with Crippen LogP contribution in [0.1, 0.15) is 68.4 Å². The van der Waals surface area contributed by atoms with Crippen molar-refractivity contribution in [1.82, 2.24) is 19.6 Å². The molecule has 2 aliphatic rings. The fraction of sp³-hybridized carbons (Fsp3) is 0.583. The van der Waals surface area contributed by atoms with E-state index in [4.69, 9.17) is 4.98 Å². The first-order chi connectivity index (χ1) is 15.5. The summed E-state index contributed by atoms with van der Waals surface area (Å²) in [5.41, 5.74) is 2.05. The van der Waals surface area contributed by atoms with Gasteiger partial charge in [-0.25, -0.2) is 4.98 Å². The maximum Gasteiger partial charge on any atom is 0.255 e. The van der Waals surface area contributed by atoms with E-state index in [0.29, 0.717) is 49.6 Å². The summed E-state index contributed by atoms with van der Waals surface area (Å²) in [5, 5.41) is 2.74. The Balaban J connectivity index is 1.62. The topological polar surface area (TPSA) is 87.0 Å². The molecule has 1 N–H and O–H groups in total. The highest BCUT2D eigenvalue weighted by Gasteiger charge is 2.26. The van der Waals surface area contributed by atoms with Crippen LogP contribution in [0.2, 0.25) is 0 Å². The predicted octanol–water partition coefficient (Wildman–Crippen LogP) is 2.79. The van der Waals surface area contributed by atoms with Crippen molar-refractivity contribution in [2.75, 3.05) is 31.1 Å². The van der Waals surface area contributed by atoms with Crippen molar-refractivity contribution in [2.24, 2.45) is 5.92 Å². The number of rotatable bonds is 7. The van der Waals surface area contributed by atoms with Crippen molar-refractivity contribution in [1.29, 1.82) is 0 Å². The van der Waals surface area contributed by atoms with E-state index >= 15 is 0 Å². The molecule has 1 saturated carbocycles. The SMILES string of the molecule is CCc1nc2ccc(C(=O)N3CCNC(=O)C3)cn2c1N(CC)C(=O)CCC1CCCC1. The normalized spacial score (nSPS) is 17.1. The highest BCUT2D eigenvalue weighted by molar-refractivity contribution is 5.98. The quantitative estimate of drug-likeness (QED) is 0.719. The monoisotopic (exact) mass is 439 g/mol. The number of fused-ring (bicyclic) bond motifs is 1. The van der Waals surface area contributed by atoms with Gasteiger partial charge in [-0.3, -0.25) is 23.7 Å². The van der Waals surface area contributed by atoms with Crippen LogP contribution >= 0.6 is 0 Å². The van der Waals surface area contributed by atoms with Gasteiger partial charge in [0, 0.05) is 32.3 Å². The molecule has 3 amide bonds. The average Bonchev–Trinajstić information content (AvgIpc) is 3.45. The molecule has 0 aromatic carbocycles. The Bertz CT molecular complexity index is 1010. The van der Waals surface area contributed by atoms with Crippen molar-refractivity contribution >= 4 is 29.2 Å². The van der Waals surface area contributed by atoms with Crippen molar-refractivity contribution in [3.05, 3.63) is 29.6 Å². The van der Waals surface area contributed by atoms with Crippen LogP contribution in [-0.4, -0.2) is 58.2 Å². The minimum absolute atomic E-state index is 0.0641. The van der Waals surface area contributed by atoms with E-state index in [0.717, 1.165) is 17.9 Å². The highest BCUT2D eigenvalue weighted by Crippen LogP contribution is 2.30. The Morgan fingerprint density at radius 2 is 2.00 bits per heavy atom. The summed E-state index contributed by atoms with van der Waals surface area (Å²) in [7, 11) is 0. The summed E-state index contributed by atoms with van der Waals surface area (Å²) in [6.07, 6.45) is 8.95. The van der Waals surface area contributed by atoms with Crippen molar-refractivity contribution in [3.8, 4) is 0 Å². The van der Waals surface area contributed by atoms with Gasteiger partial charge in [0.1, 0.15) is 11.5 Å². The number of anilines is 1. The van der Waals surface area contributed by atoms with E-state index in [2.05, 4.69) is 5.32 Å². The summed E-state index contributed by atoms with van der Waals surface area (Å²) in [6.45, 7) is 5.57. The third-order valence-corrected chi connectivity index (χ3v) is 6.68. The molecule has 0 atom stereocenters. The molecule has 4 rings (SSSR count). The van der Waals surface area contributed by atoms with Gasteiger partial charge in [-0.15, -0.1) is 0 Å². The molecular weight excluding hydrogens is 406 g/mol. The number of carbonyl (C=O) groups excluding carboxylic acids is 3. The number of hydrogen-bond acceptors (Lipinski definition) is 4. The third kappa shape index (κ3) is 4.49. The van der Waals surface area contributed by atoms with Gasteiger partial charge in [0.2, 0.25) is 11.8 Å². The fourth-order valence-electron chi connectivity index (χ4n) is 4.93. The first kappa shape index (κ1) is 22.3. The molecule has 2 fully saturated rings. The molecule has 8 heteroatoms. The molecule has 1 saturated heterocycles. The third-order valence-electron chi connectivity index (χ3n) is 6.68. The molecule has 2 aromatic heterocycles. The maximum absolute atomic E-state index is 13.2. The Kier molecular flexibility index (Phi) is 6.77. The molecule has 1 aliphatic carbocycles. The lowest BCUT2D eigenvalue weighted by Crippen LogP contribution is -2.50.